The van der Waals surface area contributed by atoms with Crippen LogP contribution in [0.25, 0.3) is 16.6 Å². The summed E-state index contributed by atoms with van der Waals surface area (Å²) in [5.74, 6) is 1.52. The van der Waals surface area contributed by atoms with Crippen molar-refractivity contribution in [3.8, 4) is 17.2 Å². The number of aromatic nitrogens is 5. The van der Waals surface area contributed by atoms with Gasteiger partial charge in [-0.05, 0) is 36.8 Å². The Hall–Kier alpha value is -4.51. The fourth-order valence-corrected chi connectivity index (χ4v) is 4.45. The summed E-state index contributed by atoms with van der Waals surface area (Å²) in [5.41, 5.74) is 3.24. The van der Waals surface area contributed by atoms with Crippen molar-refractivity contribution in [2.24, 2.45) is 0 Å². The van der Waals surface area contributed by atoms with Gasteiger partial charge in [0.25, 0.3) is 0 Å². The number of anilines is 3. The van der Waals surface area contributed by atoms with Gasteiger partial charge in [-0.1, -0.05) is 0 Å². The van der Waals surface area contributed by atoms with Crippen LogP contribution in [0.4, 0.5) is 21.6 Å². The summed E-state index contributed by atoms with van der Waals surface area (Å²) in [7, 11) is 1.61. The Morgan fingerprint density at radius 2 is 1.89 bits per heavy atom. The molecule has 0 amide bonds. The zero-order valence-corrected chi connectivity index (χ0v) is 20.3. The standard InChI is InChI=1S/C26H24FN7O3/c1-16-11-20(18(27)13-22(16)37-17-5-6-34-23(12-17)29-15-31-34)32-26-24-19(28-14-30-26)3-4-21(25(24)35-2)33-7-9-36-10-8-33/h3-6,11-15H,7-10H2,1-2H3,(H,28,30,32). The number of hydrogen-bond donors (Lipinski definition) is 1. The van der Waals surface area contributed by atoms with E-state index in [2.05, 4.69) is 30.3 Å². The third-order valence-corrected chi connectivity index (χ3v) is 6.29. The van der Waals surface area contributed by atoms with E-state index in [9.17, 15) is 0 Å². The predicted molar refractivity (Wildman–Crippen MR) is 137 cm³/mol. The molecule has 10 nitrogen and oxygen atoms in total. The quantitative estimate of drug-likeness (QED) is 0.360. The normalized spacial score (nSPS) is 13.8. The van der Waals surface area contributed by atoms with Crippen molar-refractivity contribution < 1.29 is 18.6 Å². The van der Waals surface area contributed by atoms with Crippen molar-refractivity contribution in [2.45, 2.75) is 6.92 Å². The zero-order valence-electron chi connectivity index (χ0n) is 20.3. The first-order valence-electron chi connectivity index (χ1n) is 11.8. The highest BCUT2D eigenvalue weighted by atomic mass is 19.1. The van der Waals surface area contributed by atoms with Crippen LogP contribution >= 0.6 is 0 Å². The topological polar surface area (TPSA) is 98.9 Å². The first-order valence-corrected chi connectivity index (χ1v) is 11.8. The van der Waals surface area contributed by atoms with Crippen LogP contribution in [0.1, 0.15) is 5.56 Å². The van der Waals surface area contributed by atoms with Gasteiger partial charge in [0.05, 0.1) is 42.6 Å². The van der Waals surface area contributed by atoms with E-state index in [-0.39, 0.29) is 5.69 Å². The fraction of sp³-hybridized carbons (Fsp3) is 0.231. The SMILES string of the molecule is COc1c(N2CCOCC2)ccc2ncnc(Nc3cc(C)c(Oc4ccn5ncnc5c4)cc3F)c12. The molecular formula is C26H24FN7O3. The molecule has 0 saturated carbocycles. The number of nitrogens with one attached hydrogen (secondary N) is 1. The second-order valence-corrected chi connectivity index (χ2v) is 8.58. The van der Waals surface area contributed by atoms with Crippen molar-refractivity contribution in [2.75, 3.05) is 43.6 Å². The Morgan fingerprint density at radius 1 is 1.03 bits per heavy atom. The zero-order chi connectivity index (χ0) is 25.4. The largest absolute Gasteiger partial charge is 0.494 e. The molecule has 1 saturated heterocycles. The third-order valence-electron chi connectivity index (χ3n) is 6.29. The van der Waals surface area contributed by atoms with Gasteiger partial charge in [-0.3, -0.25) is 0 Å². The maximum Gasteiger partial charge on any atom is 0.158 e. The van der Waals surface area contributed by atoms with Gasteiger partial charge >= 0.3 is 0 Å². The maximum atomic E-state index is 15.3. The lowest BCUT2D eigenvalue weighted by Gasteiger charge is -2.30. The summed E-state index contributed by atoms with van der Waals surface area (Å²) in [4.78, 5) is 15.2. The molecule has 0 radical (unpaired) electrons. The number of pyridine rings is 1. The molecule has 2 aromatic carbocycles. The van der Waals surface area contributed by atoms with Crippen LogP contribution in [-0.4, -0.2) is 58.0 Å². The van der Waals surface area contributed by atoms with Gasteiger partial charge < -0.3 is 24.4 Å². The Morgan fingerprint density at radius 3 is 2.73 bits per heavy atom. The van der Waals surface area contributed by atoms with Crippen molar-refractivity contribution in [1.29, 1.82) is 0 Å². The van der Waals surface area contributed by atoms with Crippen LogP contribution in [0.5, 0.6) is 17.2 Å². The first-order chi connectivity index (χ1) is 18.1. The monoisotopic (exact) mass is 501 g/mol. The molecule has 1 aliphatic rings. The molecule has 1 fully saturated rings. The molecule has 0 unspecified atom stereocenters. The molecule has 5 aromatic rings. The van der Waals surface area contributed by atoms with Gasteiger partial charge in [-0.2, -0.15) is 5.10 Å². The molecule has 6 rings (SSSR count). The molecule has 1 aliphatic heterocycles. The van der Waals surface area contributed by atoms with Crippen LogP contribution in [-0.2, 0) is 4.74 Å². The molecular weight excluding hydrogens is 477 g/mol. The highest BCUT2D eigenvalue weighted by Crippen LogP contribution is 2.40. The number of fused-ring (bicyclic) bond motifs is 2. The Kier molecular flexibility index (Phi) is 5.89. The van der Waals surface area contributed by atoms with Crippen LogP contribution in [0.2, 0.25) is 0 Å². The van der Waals surface area contributed by atoms with Crippen molar-refractivity contribution in [1.82, 2.24) is 24.6 Å². The van der Waals surface area contributed by atoms with E-state index in [4.69, 9.17) is 14.2 Å². The lowest BCUT2D eigenvalue weighted by Crippen LogP contribution is -2.36. The van der Waals surface area contributed by atoms with E-state index < -0.39 is 5.82 Å². The second-order valence-electron chi connectivity index (χ2n) is 8.58. The highest BCUT2D eigenvalue weighted by Gasteiger charge is 2.21. The van der Waals surface area contributed by atoms with Crippen LogP contribution < -0.4 is 19.7 Å². The number of benzene rings is 2. The molecule has 0 spiro atoms. The fourth-order valence-electron chi connectivity index (χ4n) is 4.45. The summed E-state index contributed by atoms with van der Waals surface area (Å²) < 4.78 is 34.2. The number of nitrogens with zero attached hydrogens (tertiary/aromatic N) is 6. The molecule has 0 bridgehead atoms. The third kappa shape index (κ3) is 4.33. The van der Waals surface area contributed by atoms with Crippen molar-refractivity contribution in [3.63, 3.8) is 0 Å². The predicted octanol–water partition coefficient (Wildman–Crippen LogP) is 4.50. The average Bonchev–Trinajstić information content (AvgIpc) is 3.39. The van der Waals surface area contributed by atoms with E-state index in [1.165, 1.54) is 18.7 Å². The minimum atomic E-state index is -0.487. The Balaban J connectivity index is 1.34. The lowest BCUT2D eigenvalue weighted by atomic mass is 10.1. The smallest absolute Gasteiger partial charge is 0.158 e. The van der Waals surface area contributed by atoms with Crippen molar-refractivity contribution >= 4 is 33.7 Å². The Bertz CT molecular complexity index is 1600. The first kappa shape index (κ1) is 22.9. The van der Waals surface area contributed by atoms with Gasteiger partial charge in [-0.15, -0.1) is 0 Å². The summed E-state index contributed by atoms with van der Waals surface area (Å²) in [6, 6.07) is 10.4. The number of hydrogen-bond acceptors (Lipinski definition) is 9. The van der Waals surface area contributed by atoms with Gasteiger partial charge in [0.2, 0.25) is 0 Å². The molecule has 188 valence electrons. The minimum Gasteiger partial charge on any atom is -0.494 e. The molecule has 37 heavy (non-hydrogen) atoms. The summed E-state index contributed by atoms with van der Waals surface area (Å²) >= 11 is 0. The van der Waals surface area contributed by atoms with Gasteiger partial charge in [0.1, 0.15) is 35.8 Å². The van der Waals surface area contributed by atoms with Crippen LogP contribution in [0.15, 0.2) is 55.2 Å². The van der Waals surface area contributed by atoms with E-state index in [0.717, 1.165) is 24.3 Å². The van der Waals surface area contributed by atoms with Crippen LogP contribution in [0, 0.1) is 12.7 Å². The lowest BCUT2D eigenvalue weighted by molar-refractivity contribution is 0.122. The summed E-state index contributed by atoms with van der Waals surface area (Å²) in [6.07, 6.45) is 4.64. The molecule has 11 heteroatoms. The molecule has 0 atom stereocenters. The summed E-state index contributed by atoms with van der Waals surface area (Å²) in [5, 5.41) is 7.89. The van der Waals surface area contributed by atoms with Gasteiger partial charge in [0.15, 0.2) is 11.4 Å². The molecule has 0 aliphatic carbocycles. The van der Waals surface area contributed by atoms with Crippen molar-refractivity contribution in [3.05, 3.63) is 66.6 Å². The Labute approximate surface area is 211 Å². The molecule has 1 N–H and O–H groups in total. The van der Waals surface area contributed by atoms with Gasteiger partial charge in [-0.25, -0.2) is 23.9 Å². The number of methoxy groups -OCH3 is 1. The number of ether oxygens (including phenoxy) is 3. The minimum absolute atomic E-state index is 0.261. The summed E-state index contributed by atoms with van der Waals surface area (Å²) in [6.45, 7) is 4.63. The van der Waals surface area contributed by atoms with E-state index in [0.29, 0.717) is 52.8 Å². The van der Waals surface area contributed by atoms with Crippen LogP contribution in [0.3, 0.4) is 0 Å². The average molecular weight is 502 g/mol. The number of morpholine rings is 1. The number of halogens is 1. The maximum absolute atomic E-state index is 15.3. The van der Waals surface area contributed by atoms with Gasteiger partial charge in [0, 0.05) is 31.4 Å². The molecule has 4 heterocycles. The second kappa shape index (κ2) is 9.51. The van der Waals surface area contributed by atoms with E-state index >= 15 is 4.39 Å². The molecule has 3 aromatic heterocycles. The van der Waals surface area contributed by atoms with E-state index in [1.807, 2.05) is 19.1 Å². The highest BCUT2D eigenvalue weighted by molar-refractivity contribution is 6.00. The number of aryl methyl sites for hydroxylation is 1. The number of rotatable bonds is 6. The van der Waals surface area contributed by atoms with E-state index in [1.54, 1.807) is 36.0 Å².